The van der Waals surface area contributed by atoms with E-state index in [4.69, 9.17) is 5.73 Å². The molecule has 0 bridgehead atoms. The molecule has 1 fully saturated rings. The van der Waals surface area contributed by atoms with Gasteiger partial charge in [-0.1, -0.05) is 6.92 Å². The van der Waals surface area contributed by atoms with Gasteiger partial charge in [-0.05, 0) is 44.4 Å². The average Bonchev–Trinajstić information content (AvgIpc) is 2.47. The van der Waals surface area contributed by atoms with E-state index in [0.717, 1.165) is 38.3 Å². The maximum Gasteiger partial charge on any atom is 0.252 e. The molecule has 2 heterocycles. The molecule has 110 valence electrons. The molecular formula is C15H24N4O. The summed E-state index contributed by atoms with van der Waals surface area (Å²) < 4.78 is 0. The van der Waals surface area contributed by atoms with Crippen molar-refractivity contribution in [3.8, 4) is 0 Å². The predicted octanol–water partition coefficient (Wildman–Crippen LogP) is 1.39. The number of carbonyl (C=O) groups excluding carboxylic acids is 1. The summed E-state index contributed by atoms with van der Waals surface area (Å²) in [6.45, 7) is 7.25. The Hall–Kier alpha value is -1.62. The first-order chi connectivity index (χ1) is 9.63. The van der Waals surface area contributed by atoms with Gasteiger partial charge in [-0.2, -0.15) is 0 Å². The van der Waals surface area contributed by atoms with Crippen LogP contribution in [0.15, 0.2) is 18.3 Å². The van der Waals surface area contributed by atoms with Gasteiger partial charge in [0.2, 0.25) is 0 Å². The highest BCUT2D eigenvalue weighted by atomic mass is 16.1. The Labute approximate surface area is 120 Å². The number of hydrogen-bond donors (Lipinski definition) is 2. The number of nitrogens with one attached hydrogen (secondary N) is 1. The minimum absolute atomic E-state index is 0.406. The molecule has 1 saturated heterocycles. The third-order valence-electron chi connectivity index (χ3n) is 4.12. The number of piperidine rings is 1. The molecule has 1 atom stereocenters. The van der Waals surface area contributed by atoms with E-state index in [2.05, 4.69) is 29.0 Å². The molecule has 0 aromatic carbocycles. The number of hydrogen-bond acceptors (Lipinski definition) is 4. The van der Waals surface area contributed by atoms with E-state index in [1.807, 2.05) is 0 Å². The van der Waals surface area contributed by atoms with Gasteiger partial charge in [-0.25, -0.2) is 4.98 Å². The summed E-state index contributed by atoms with van der Waals surface area (Å²) in [5.41, 5.74) is 5.94. The first-order valence-corrected chi connectivity index (χ1v) is 7.36. The number of pyridine rings is 1. The predicted molar refractivity (Wildman–Crippen MR) is 80.8 cm³/mol. The zero-order valence-corrected chi connectivity index (χ0v) is 12.3. The Bertz CT molecular complexity index is 455. The highest BCUT2D eigenvalue weighted by Crippen LogP contribution is 2.26. The zero-order chi connectivity index (χ0) is 14.5. The van der Waals surface area contributed by atoms with E-state index in [9.17, 15) is 4.79 Å². The Balaban J connectivity index is 2.02. The highest BCUT2D eigenvalue weighted by molar-refractivity contribution is 5.97. The molecule has 1 unspecified atom stereocenters. The molecule has 0 saturated carbocycles. The Morgan fingerprint density at radius 1 is 1.55 bits per heavy atom. The van der Waals surface area contributed by atoms with Gasteiger partial charge in [-0.3, -0.25) is 4.79 Å². The molecule has 1 aliphatic rings. The van der Waals surface area contributed by atoms with Gasteiger partial charge < -0.3 is 16.0 Å². The van der Waals surface area contributed by atoms with Gasteiger partial charge in [0.15, 0.2) is 0 Å². The van der Waals surface area contributed by atoms with Crippen molar-refractivity contribution in [3.63, 3.8) is 0 Å². The minimum Gasteiger partial charge on any atom is -0.365 e. The molecule has 1 amide bonds. The second-order valence-corrected chi connectivity index (χ2v) is 5.41. The number of nitrogens with zero attached hydrogens (tertiary/aromatic N) is 2. The summed E-state index contributed by atoms with van der Waals surface area (Å²) in [6.07, 6.45) is 3.95. The molecule has 0 radical (unpaired) electrons. The minimum atomic E-state index is -0.406. The van der Waals surface area contributed by atoms with Gasteiger partial charge >= 0.3 is 0 Å². The number of aromatic nitrogens is 1. The fourth-order valence-corrected chi connectivity index (χ4v) is 2.94. The van der Waals surface area contributed by atoms with E-state index >= 15 is 0 Å². The van der Waals surface area contributed by atoms with Crippen molar-refractivity contribution in [2.45, 2.75) is 32.7 Å². The van der Waals surface area contributed by atoms with Crippen molar-refractivity contribution in [2.75, 3.05) is 24.5 Å². The molecule has 1 aromatic rings. The molecule has 1 aromatic heterocycles. The Morgan fingerprint density at radius 2 is 2.25 bits per heavy atom. The van der Waals surface area contributed by atoms with Crippen LogP contribution in [0.2, 0.25) is 0 Å². The summed E-state index contributed by atoms with van der Waals surface area (Å²) in [4.78, 5) is 18.0. The second kappa shape index (κ2) is 6.70. The number of carbonyl (C=O) groups is 1. The van der Waals surface area contributed by atoms with Crippen LogP contribution in [0.5, 0.6) is 0 Å². The van der Waals surface area contributed by atoms with Crippen molar-refractivity contribution in [1.29, 1.82) is 0 Å². The van der Waals surface area contributed by atoms with Crippen LogP contribution in [0.25, 0.3) is 0 Å². The van der Waals surface area contributed by atoms with Crippen LogP contribution in [0.1, 0.15) is 37.0 Å². The second-order valence-electron chi connectivity index (χ2n) is 5.41. The van der Waals surface area contributed by atoms with Gasteiger partial charge in [0, 0.05) is 25.3 Å². The number of nitrogens with two attached hydrogens (primary N) is 1. The molecule has 20 heavy (non-hydrogen) atoms. The summed E-state index contributed by atoms with van der Waals surface area (Å²) in [6, 6.07) is 4.04. The average molecular weight is 276 g/mol. The summed E-state index contributed by atoms with van der Waals surface area (Å²) in [5.74, 6) is 1.01. The Morgan fingerprint density at radius 3 is 2.85 bits per heavy atom. The molecule has 0 spiro atoms. The molecule has 3 N–H and O–H groups in total. The summed E-state index contributed by atoms with van der Waals surface area (Å²) >= 11 is 0. The van der Waals surface area contributed by atoms with Gasteiger partial charge in [0.25, 0.3) is 5.91 Å². The largest absolute Gasteiger partial charge is 0.365 e. The first kappa shape index (κ1) is 14.8. The van der Waals surface area contributed by atoms with Crippen LogP contribution in [0, 0.1) is 5.92 Å². The van der Waals surface area contributed by atoms with E-state index in [-0.39, 0.29) is 0 Å². The van der Waals surface area contributed by atoms with Crippen LogP contribution >= 0.6 is 0 Å². The maximum absolute atomic E-state index is 11.5. The number of amides is 1. The van der Waals surface area contributed by atoms with Crippen LogP contribution in [-0.4, -0.2) is 36.6 Å². The molecule has 0 aliphatic carbocycles. The van der Waals surface area contributed by atoms with E-state index < -0.39 is 5.91 Å². The normalized spacial score (nSPS) is 18.0. The smallest absolute Gasteiger partial charge is 0.252 e. The molecule has 1 aliphatic heterocycles. The fourth-order valence-electron chi connectivity index (χ4n) is 2.94. The number of anilines is 1. The standard InChI is InChI=1S/C15H24N4O/c1-3-17-11(2)12-6-9-19(10-7-12)15-13(14(16)20)5-4-8-18-15/h4-5,8,11-12,17H,3,6-7,9-10H2,1-2H3,(H2,16,20). The van der Waals surface area contributed by atoms with Gasteiger partial charge in [-0.15, -0.1) is 0 Å². The van der Waals surface area contributed by atoms with Gasteiger partial charge in [0.1, 0.15) is 5.82 Å². The summed E-state index contributed by atoms with van der Waals surface area (Å²) in [7, 11) is 0. The molecular weight excluding hydrogens is 252 g/mol. The number of rotatable bonds is 5. The lowest BCUT2D eigenvalue weighted by molar-refractivity contribution is 0.100. The lowest BCUT2D eigenvalue weighted by atomic mass is 9.90. The fraction of sp³-hybridized carbons (Fsp3) is 0.600. The lowest BCUT2D eigenvalue weighted by Crippen LogP contribution is -2.42. The van der Waals surface area contributed by atoms with Crippen molar-refractivity contribution in [3.05, 3.63) is 23.9 Å². The van der Waals surface area contributed by atoms with Crippen LogP contribution in [-0.2, 0) is 0 Å². The monoisotopic (exact) mass is 276 g/mol. The van der Waals surface area contributed by atoms with E-state index in [0.29, 0.717) is 17.5 Å². The third-order valence-corrected chi connectivity index (χ3v) is 4.12. The summed E-state index contributed by atoms with van der Waals surface area (Å²) in [5, 5.41) is 3.49. The molecule has 5 nitrogen and oxygen atoms in total. The zero-order valence-electron chi connectivity index (χ0n) is 12.3. The lowest BCUT2D eigenvalue weighted by Gasteiger charge is -2.36. The molecule has 2 rings (SSSR count). The van der Waals surface area contributed by atoms with Crippen molar-refractivity contribution in [1.82, 2.24) is 10.3 Å². The van der Waals surface area contributed by atoms with Crippen molar-refractivity contribution in [2.24, 2.45) is 11.7 Å². The topological polar surface area (TPSA) is 71.2 Å². The van der Waals surface area contributed by atoms with Crippen molar-refractivity contribution >= 4 is 11.7 Å². The first-order valence-electron chi connectivity index (χ1n) is 7.36. The Kier molecular flexibility index (Phi) is 4.95. The third kappa shape index (κ3) is 3.28. The van der Waals surface area contributed by atoms with Gasteiger partial charge in [0.05, 0.1) is 5.56 Å². The highest BCUT2D eigenvalue weighted by Gasteiger charge is 2.25. The SMILES string of the molecule is CCNC(C)C1CCN(c2ncccc2C(N)=O)CC1. The quantitative estimate of drug-likeness (QED) is 0.852. The van der Waals surface area contributed by atoms with Crippen LogP contribution < -0.4 is 16.0 Å². The van der Waals surface area contributed by atoms with Crippen LogP contribution in [0.3, 0.4) is 0 Å². The van der Waals surface area contributed by atoms with Crippen LogP contribution in [0.4, 0.5) is 5.82 Å². The van der Waals surface area contributed by atoms with E-state index in [1.165, 1.54) is 0 Å². The molecule has 5 heteroatoms. The van der Waals surface area contributed by atoms with Crippen molar-refractivity contribution < 1.29 is 4.79 Å². The maximum atomic E-state index is 11.5. The van der Waals surface area contributed by atoms with E-state index in [1.54, 1.807) is 18.3 Å². The number of primary amides is 1.